The predicted octanol–water partition coefficient (Wildman–Crippen LogP) is 1.28. The van der Waals surface area contributed by atoms with Crippen LogP contribution < -0.4 is 5.32 Å². The summed E-state index contributed by atoms with van der Waals surface area (Å²) in [6, 6.07) is 0. The zero-order chi connectivity index (χ0) is 9.15. The minimum atomic E-state index is -0.0445. The zero-order valence-corrected chi connectivity index (χ0v) is 8.34. The zero-order valence-electron chi connectivity index (χ0n) is 8.34. The van der Waals surface area contributed by atoms with Crippen LogP contribution in [0.4, 0.5) is 0 Å². The SMILES string of the molecule is CCC1CCNC2(CCOCC2)O1. The molecule has 0 amide bonds. The van der Waals surface area contributed by atoms with E-state index in [9.17, 15) is 0 Å². The molecule has 2 fully saturated rings. The molecule has 13 heavy (non-hydrogen) atoms. The minimum Gasteiger partial charge on any atom is -0.381 e. The Morgan fingerprint density at radius 2 is 2.15 bits per heavy atom. The van der Waals surface area contributed by atoms with Gasteiger partial charge in [0.05, 0.1) is 19.3 Å². The average Bonchev–Trinajstić information content (AvgIpc) is 2.19. The fraction of sp³-hybridized carbons (Fsp3) is 1.00. The third-order valence-corrected chi connectivity index (χ3v) is 3.06. The van der Waals surface area contributed by atoms with Crippen molar-refractivity contribution in [2.24, 2.45) is 0 Å². The minimum absolute atomic E-state index is 0.0445. The van der Waals surface area contributed by atoms with Crippen LogP contribution in [0.15, 0.2) is 0 Å². The van der Waals surface area contributed by atoms with Crippen LogP contribution in [0, 0.1) is 0 Å². The molecule has 2 aliphatic rings. The molecule has 0 aliphatic carbocycles. The maximum atomic E-state index is 6.07. The summed E-state index contributed by atoms with van der Waals surface area (Å²) in [5.41, 5.74) is -0.0445. The largest absolute Gasteiger partial charge is 0.381 e. The Morgan fingerprint density at radius 1 is 1.38 bits per heavy atom. The Morgan fingerprint density at radius 3 is 2.85 bits per heavy atom. The lowest BCUT2D eigenvalue weighted by atomic mass is 10.00. The normalized spacial score (nSPS) is 33.5. The molecule has 2 heterocycles. The van der Waals surface area contributed by atoms with E-state index in [0.717, 1.165) is 45.4 Å². The van der Waals surface area contributed by atoms with Crippen molar-refractivity contribution in [3.8, 4) is 0 Å². The van der Waals surface area contributed by atoms with Gasteiger partial charge in [-0.3, -0.25) is 5.32 Å². The maximum absolute atomic E-state index is 6.07. The number of nitrogens with one attached hydrogen (secondary N) is 1. The van der Waals surface area contributed by atoms with Gasteiger partial charge in [-0.1, -0.05) is 6.92 Å². The van der Waals surface area contributed by atoms with E-state index in [1.807, 2.05) is 0 Å². The number of hydrogen-bond donors (Lipinski definition) is 1. The van der Waals surface area contributed by atoms with Crippen LogP contribution >= 0.6 is 0 Å². The van der Waals surface area contributed by atoms with Gasteiger partial charge < -0.3 is 9.47 Å². The maximum Gasteiger partial charge on any atom is 0.124 e. The van der Waals surface area contributed by atoms with Gasteiger partial charge in [-0.25, -0.2) is 0 Å². The Balaban J connectivity index is 1.95. The van der Waals surface area contributed by atoms with Crippen molar-refractivity contribution in [1.29, 1.82) is 0 Å². The van der Waals surface area contributed by atoms with Gasteiger partial charge in [0.25, 0.3) is 0 Å². The van der Waals surface area contributed by atoms with Crippen LogP contribution in [0.25, 0.3) is 0 Å². The fourth-order valence-corrected chi connectivity index (χ4v) is 2.16. The van der Waals surface area contributed by atoms with Crippen LogP contribution in [0.3, 0.4) is 0 Å². The van der Waals surface area contributed by atoms with Gasteiger partial charge in [-0.2, -0.15) is 0 Å². The summed E-state index contributed by atoms with van der Waals surface area (Å²) in [5.74, 6) is 0. The average molecular weight is 185 g/mol. The lowest BCUT2D eigenvalue weighted by Crippen LogP contribution is -2.57. The highest BCUT2D eigenvalue weighted by Crippen LogP contribution is 2.28. The molecule has 3 nitrogen and oxygen atoms in total. The molecule has 76 valence electrons. The summed E-state index contributed by atoms with van der Waals surface area (Å²) >= 11 is 0. The van der Waals surface area contributed by atoms with Crippen LogP contribution in [-0.4, -0.2) is 31.6 Å². The molecule has 0 aromatic rings. The molecule has 0 saturated carbocycles. The van der Waals surface area contributed by atoms with E-state index < -0.39 is 0 Å². The van der Waals surface area contributed by atoms with Crippen molar-refractivity contribution < 1.29 is 9.47 Å². The van der Waals surface area contributed by atoms with Crippen LogP contribution in [0.2, 0.25) is 0 Å². The molecule has 1 N–H and O–H groups in total. The van der Waals surface area contributed by atoms with Gasteiger partial charge in [-0.05, 0) is 12.8 Å². The summed E-state index contributed by atoms with van der Waals surface area (Å²) in [5, 5.41) is 3.50. The second-order valence-electron chi connectivity index (χ2n) is 3.97. The van der Waals surface area contributed by atoms with E-state index in [0.29, 0.717) is 6.10 Å². The molecule has 2 saturated heterocycles. The van der Waals surface area contributed by atoms with E-state index in [4.69, 9.17) is 9.47 Å². The molecular formula is C10H19NO2. The topological polar surface area (TPSA) is 30.5 Å². The highest BCUT2D eigenvalue weighted by molar-refractivity contribution is 4.86. The molecule has 0 aromatic carbocycles. The Labute approximate surface area is 79.8 Å². The molecule has 2 aliphatic heterocycles. The molecule has 3 heteroatoms. The standard InChI is InChI=1S/C10H19NO2/c1-2-9-3-6-11-10(13-9)4-7-12-8-5-10/h9,11H,2-8H2,1H3. The first-order valence-electron chi connectivity index (χ1n) is 5.35. The number of hydrogen-bond acceptors (Lipinski definition) is 3. The first kappa shape index (κ1) is 9.44. The molecule has 0 aromatic heterocycles. The second kappa shape index (κ2) is 3.95. The summed E-state index contributed by atoms with van der Waals surface area (Å²) in [4.78, 5) is 0. The molecule has 1 unspecified atom stereocenters. The van der Waals surface area contributed by atoms with E-state index in [1.165, 1.54) is 0 Å². The predicted molar refractivity (Wildman–Crippen MR) is 50.6 cm³/mol. The Hall–Kier alpha value is -0.120. The summed E-state index contributed by atoms with van der Waals surface area (Å²) < 4.78 is 11.4. The van der Waals surface area contributed by atoms with Crippen LogP contribution in [-0.2, 0) is 9.47 Å². The smallest absolute Gasteiger partial charge is 0.124 e. The van der Waals surface area contributed by atoms with Crippen LogP contribution in [0.5, 0.6) is 0 Å². The summed E-state index contributed by atoms with van der Waals surface area (Å²) in [7, 11) is 0. The van der Waals surface area contributed by atoms with Crippen molar-refractivity contribution in [2.45, 2.75) is 44.4 Å². The molecule has 0 radical (unpaired) electrons. The van der Waals surface area contributed by atoms with E-state index in [-0.39, 0.29) is 5.72 Å². The van der Waals surface area contributed by atoms with Gasteiger partial charge in [-0.15, -0.1) is 0 Å². The number of rotatable bonds is 1. The van der Waals surface area contributed by atoms with E-state index in [2.05, 4.69) is 12.2 Å². The van der Waals surface area contributed by atoms with Crippen molar-refractivity contribution in [3.05, 3.63) is 0 Å². The number of ether oxygens (including phenoxy) is 2. The Kier molecular flexibility index (Phi) is 2.86. The summed E-state index contributed by atoms with van der Waals surface area (Å²) in [6.07, 6.45) is 4.75. The van der Waals surface area contributed by atoms with Crippen LogP contribution in [0.1, 0.15) is 32.6 Å². The quantitative estimate of drug-likeness (QED) is 0.667. The van der Waals surface area contributed by atoms with Crippen molar-refractivity contribution in [3.63, 3.8) is 0 Å². The highest BCUT2D eigenvalue weighted by Gasteiger charge is 2.37. The third kappa shape index (κ3) is 2.03. The van der Waals surface area contributed by atoms with E-state index >= 15 is 0 Å². The fourth-order valence-electron chi connectivity index (χ4n) is 2.16. The molecule has 1 spiro atoms. The van der Waals surface area contributed by atoms with Gasteiger partial charge in [0.15, 0.2) is 0 Å². The molecular weight excluding hydrogens is 166 g/mol. The molecule has 1 atom stereocenters. The first-order valence-corrected chi connectivity index (χ1v) is 5.35. The van der Waals surface area contributed by atoms with Crippen molar-refractivity contribution in [2.75, 3.05) is 19.8 Å². The Bertz CT molecular complexity index is 161. The van der Waals surface area contributed by atoms with Gasteiger partial charge in [0, 0.05) is 19.4 Å². The summed E-state index contributed by atoms with van der Waals surface area (Å²) in [6.45, 7) is 4.97. The molecule has 0 bridgehead atoms. The van der Waals surface area contributed by atoms with Gasteiger partial charge in [0.2, 0.25) is 0 Å². The van der Waals surface area contributed by atoms with Crippen molar-refractivity contribution in [1.82, 2.24) is 5.32 Å². The second-order valence-corrected chi connectivity index (χ2v) is 3.97. The lowest BCUT2D eigenvalue weighted by Gasteiger charge is -2.44. The highest BCUT2D eigenvalue weighted by atomic mass is 16.5. The van der Waals surface area contributed by atoms with Crippen molar-refractivity contribution >= 4 is 0 Å². The monoisotopic (exact) mass is 185 g/mol. The van der Waals surface area contributed by atoms with Gasteiger partial charge in [0.1, 0.15) is 5.72 Å². The lowest BCUT2D eigenvalue weighted by molar-refractivity contribution is -0.182. The third-order valence-electron chi connectivity index (χ3n) is 3.06. The first-order chi connectivity index (χ1) is 6.35. The molecule has 2 rings (SSSR count). The van der Waals surface area contributed by atoms with E-state index in [1.54, 1.807) is 0 Å². The van der Waals surface area contributed by atoms with Gasteiger partial charge >= 0.3 is 0 Å².